The zero-order valence-corrected chi connectivity index (χ0v) is 18.8. The number of benzene rings is 2. The van der Waals surface area contributed by atoms with Crippen molar-refractivity contribution < 1.29 is 4.42 Å². The number of nitrogens with zero attached hydrogens (tertiary/aromatic N) is 3. The number of aryl methyl sites for hydroxylation is 1. The zero-order valence-electron chi connectivity index (χ0n) is 18.0. The second kappa shape index (κ2) is 9.09. The molecule has 6 heteroatoms. The molecule has 0 bridgehead atoms. The molecule has 0 radical (unpaired) electrons. The molecule has 32 heavy (non-hydrogen) atoms. The summed E-state index contributed by atoms with van der Waals surface area (Å²) in [5, 5.41) is 11.8. The normalized spacial score (nSPS) is 15.7. The lowest BCUT2D eigenvalue weighted by molar-refractivity contribution is 0.350. The molecule has 2 heterocycles. The van der Waals surface area contributed by atoms with E-state index in [9.17, 15) is 4.79 Å². The van der Waals surface area contributed by atoms with Crippen molar-refractivity contribution in [2.45, 2.75) is 45.1 Å². The van der Waals surface area contributed by atoms with Crippen LogP contribution in [0.25, 0.3) is 22.2 Å². The summed E-state index contributed by atoms with van der Waals surface area (Å²) in [5.41, 5.74) is 3.88. The SMILES string of the molecule is Cc1ccc2oc(=O)c(-c3cs/c(=N\N=Cc4ccccc4)n3C3CCCCC3)cc2c1. The summed E-state index contributed by atoms with van der Waals surface area (Å²) in [7, 11) is 0. The molecular formula is C26H25N3O2S. The zero-order chi connectivity index (χ0) is 21.9. The van der Waals surface area contributed by atoms with Crippen molar-refractivity contribution in [3.63, 3.8) is 0 Å². The number of rotatable bonds is 4. The topological polar surface area (TPSA) is 59.9 Å². The van der Waals surface area contributed by atoms with Crippen molar-refractivity contribution in [1.29, 1.82) is 0 Å². The summed E-state index contributed by atoms with van der Waals surface area (Å²) < 4.78 is 7.88. The second-order valence-electron chi connectivity index (χ2n) is 8.31. The van der Waals surface area contributed by atoms with E-state index in [4.69, 9.17) is 4.42 Å². The number of hydrogen-bond donors (Lipinski definition) is 0. The van der Waals surface area contributed by atoms with Crippen molar-refractivity contribution in [2.24, 2.45) is 10.2 Å². The van der Waals surface area contributed by atoms with Crippen LogP contribution in [0.4, 0.5) is 0 Å². The van der Waals surface area contributed by atoms with Gasteiger partial charge in [0.2, 0.25) is 4.80 Å². The van der Waals surface area contributed by atoms with Crippen LogP contribution in [0.2, 0.25) is 0 Å². The van der Waals surface area contributed by atoms with E-state index in [1.807, 2.05) is 60.8 Å². The third-order valence-electron chi connectivity index (χ3n) is 5.99. The van der Waals surface area contributed by atoms with E-state index < -0.39 is 0 Å². The van der Waals surface area contributed by atoms with Gasteiger partial charge in [-0.3, -0.25) is 0 Å². The summed E-state index contributed by atoms with van der Waals surface area (Å²) in [6.07, 6.45) is 7.55. The standard InChI is InChI=1S/C26H25N3O2S/c1-18-12-13-24-20(14-18)15-22(25(30)31-24)23-17-32-26(29(23)21-10-6-3-7-11-21)28-27-16-19-8-4-2-5-9-19/h2,4-5,8-9,12-17,21H,3,6-7,10-11H2,1H3/b27-16?,28-26-. The number of thiazole rings is 1. The Balaban J connectivity index is 1.63. The predicted molar refractivity (Wildman–Crippen MR) is 130 cm³/mol. The Kier molecular flexibility index (Phi) is 5.86. The van der Waals surface area contributed by atoms with Gasteiger partial charge >= 0.3 is 5.63 Å². The minimum atomic E-state index is -0.317. The fourth-order valence-corrected chi connectivity index (χ4v) is 5.30. The first kappa shape index (κ1) is 20.6. The highest BCUT2D eigenvalue weighted by Gasteiger charge is 2.22. The van der Waals surface area contributed by atoms with Crippen LogP contribution in [0.1, 0.15) is 49.3 Å². The van der Waals surface area contributed by atoms with Crippen molar-refractivity contribution >= 4 is 28.5 Å². The first-order valence-electron chi connectivity index (χ1n) is 11.1. The van der Waals surface area contributed by atoms with Gasteiger partial charge in [0.1, 0.15) is 5.58 Å². The highest BCUT2D eigenvalue weighted by molar-refractivity contribution is 7.07. The van der Waals surface area contributed by atoms with Gasteiger partial charge in [0.25, 0.3) is 0 Å². The van der Waals surface area contributed by atoms with Crippen LogP contribution in [-0.2, 0) is 0 Å². The Bertz CT molecular complexity index is 1390. The van der Waals surface area contributed by atoms with Gasteiger partial charge in [-0.15, -0.1) is 16.4 Å². The summed E-state index contributed by atoms with van der Waals surface area (Å²) in [6, 6.07) is 18.1. The van der Waals surface area contributed by atoms with Gasteiger partial charge in [-0.05, 0) is 43.5 Å². The van der Waals surface area contributed by atoms with Gasteiger partial charge < -0.3 is 8.98 Å². The van der Waals surface area contributed by atoms with Gasteiger partial charge in [-0.25, -0.2) is 4.79 Å². The van der Waals surface area contributed by atoms with Crippen LogP contribution in [-0.4, -0.2) is 10.8 Å². The molecule has 0 N–H and O–H groups in total. The first-order valence-corrected chi connectivity index (χ1v) is 11.9. The van der Waals surface area contributed by atoms with E-state index >= 15 is 0 Å². The van der Waals surface area contributed by atoms with E-state index in [0.717, 1.165) is 39.9 Å². The number of hydrogen-bond acceptors (Lipinski definition) is 5. The molecule has 5 rings (SSSR count). The van der Waals surface area contributed by atoms with E-state index in [2.05, 4.69) is 20.8 Å². The molecule has 1 aliphatic rings. The Labute approximate surface area is 190 Å². The molecule has 1 saturated carbocycles. The molecular weight excluding hydrogens is 418 g/mol. The molecule has 2 aromatic carbocycles. The lowest BCUT2D eigenvalue weighted by Gasteiger charge is -2.25. The Morgan fingerprint density at radius 1 is 1.06 bits per heavy atom. The molecule has 5 nitrogen and oxygen atoms in total. The Hall–Kier alpha value is -3.25. The molecule has 2 aromatic heterocycles. The average Bonchev–Trinajstić information content (AvgIpc) is 3.24. The van der Waals surface area contributed by atoms with Crippen molar-refractivity contribution in [3.8, 4) is 11.3 Å². The third kappa shape index (κ3) is 4.23. The monoisotopic (exact) mass is 443 g/mol. The van der Waals surface area contributed by atoms with E-state index in [1.54, 1.807) is 6.21 Å². The maximum atomic E-state index is 12.9. The van der Waals surface area contributed by atoms with Crippen LogP contribution in [0.3, 0.4) is 0 Å². The van der Waals surface area contributed by atoms with Gasteiger partial charge in [-0.2, -0.15) is 5.10 Å². The molecule has 0 spiro atoms. The smallest absolute Gasteiger partial charge is 0.345 e. The molecule has 162 valence electrons. The fraction of sp³-hybridized carbons (Fsp3) is 0.269. The molecule has 0 aliphatic heterocycles. The predicted octanol–water partition coefficient (Wildman–Crippen LogP) is 6.07. The maximum Gasteiger partial charge on any atom is 0.345 e. The number of fused-ring (bicyclic) bond motifs is 1. The quantitative estimate of drug-likeness (QED) is 0.218. The molecule has 0 saturated heterocycles. The van der Waals surface area contributed by atoms with Gasteiger partial charge in [0.15, 0.2) is 0 Å². The minimum Gasteiger partial charge on any atom is -0.422 e. The summed E-state index contributed by atoms with van der Waals surface area (Å²) >= 11 is 1.52. The van der Waals surface area contributed by atoms with Crippen molar-refractivity contribution in [2.75, 3.05) is 0 Å². The molecule has 0 unspecified atom stereocenters. The molecule has 1 fully saturated rings. The number of aromatic nitrogens is 1. The third-order valence-corrected chi connectivity index (χ3v) is 6.83. The fourth-order valence-electron chi connectivity index (χ4n) is 4.39. The average molecular weight is 444 g/mol. The van der Waals surface area contributed by atoms with Gasteiger partial charge in [-0.1, -0.05) is 61.2 Å². The van der Waals surface area contributed by atoms with E-state index in [1.165, 1.54) is 30.6 Å². The van der Waals surface area contributed by atoms with E-state index in [0.29, 0.717) is 17.2 Å². The Morgan fingerprint density at radius 3 is 2.69 bits per heavy atom. The highest BCUT2D eigenvalue weighted by atomic mass is 32.1. The largest absolute Gasteiger partial charge is 0.422 e. The summed E-state index contributed by atoms with van der Waals surface area (Å²) in [4.78, 5) is 13.7. The molecule has 1 aliphatic carbocycles. The van der Waals surface area contributed by atoms with Crippen LogP contribution >= 0.6 is 11.3 Å². The van der Waals surface area contributed by atoms with Gasteiger partial charge in [0.05, 0.1) is 17.5 Å². The highest BCUT2D eigenvalue weighted by Crippen LogP contribution is 2.32. The minimum absolute atomic E-state index is 0.309. The summed E-state index contributed by atoms with van der Waals surface area (Å²) in [5.74, 6) is 0. The Morgan fingerprint density at radius 2 is 1.88 bits per heavy atom. The lowest BCUT2D eigenvalue weighted by atomic mass is 9.95. The van der Waals surface area contributed by atoms with Crippen LogP contribution < -0.4 is 10.4 Å². The second-order valence-corrected chi connectivity index (χ2v) is 9.15. The van der Waals surface area contributed by atoms with Crippen LogP contribution in [0.5, 0.6) is 0 Å². The van der Waals surface area contributed by atoms with Gasteiger partial charge in [0, 0.05) is 16.8 Å². The van der Waals surface area contributed by atoms with Crippen LogP contribution in [0.15, 0.2) is 79.4 Å². The first-order chi connectivity index (χ1) is 15.7. The van der Waals surface area contributed by atoms with E-state index in [-0.39, 0.29) is 5.63 Å². The maximum absolute atomic E-state index is 12.9. The van der Waals surface area contributed by atoms with Crippen LogP contribution in [0, 0.1) is 6.92 Å². The van der Waals surface area contributed by atoms with Crippen molar-refractivity contribution in [1.82, 2.24) is 4.57 Å². The lowest BCUT2D eigenvalue weighted by Crippen LogP contribution is -2.24. The molecule has 4 aromatic rings. The van der Waals surface area contributed by atoms with Crippen molar-refractivity contribution in [3.05, 3.63) is 86.3 Å². The summed E-state index contributed by atoms with van der Waals surface area (Å²) in [6.45, 7) is 2.04. The molecule has 0 atom stereocenters. The molecule has 0 amide bonds.